The minimum absolute atomic E-state index is 0.00538. The molecule has 190 valence electrons. The molecule has 2 aliphatic rings. The van der Waals surface area contributed by atoms with E-state index in [1.165, 1.54) is 17.0 Å². The highest BCUT2D eigenvalue weighted by molar-refractivity contribution is 7.90. The van der Waals surface area contributed by atoms with Gasteiger partial charge in [0.1, 0.15) is 11.5 Å². The van der Waals surface area contributed by atoms with E-state index in [0.29, 0.717) is 16.5 Å². The van der Waals surface area contributed by atoms with Gasteiger partial charge in [-0.05, 0) is 48.7 Å². The Morgan fingerprint density at radius 1 is 0.971 bits per heavy atom. The fourth-order valence-electron chi connectivity index (χ4n) is 4.25. The number of fused-ring (bicyclic) bond motifs is 1. The molecular formula is C22H20F6N2O4S. The molecule has 1 atom stereocenters. The Labute approximate surface area is 197 Å². The van der Waals surface area contributed by atoms with Gasteiger partial charge in [-0.3, -0.25) is 4.79 Å². The summed E-state index contributed by atoms with van der Waals surface area (Å²) >= 11 is 0. The number of carbonyl (C=O) groups is 1. The fraction of sp³-hybridized carbons (Fsp3) is 0.409. The first-order valence-electron chi connectivity index (χ1n) is 10.6. The summed E-state index contributed by atoms with van der Waals surface area (Å²) in [5.74, 6) is -0.663. The van der Waals surface area contributed by atoms with Crippen molar-refractivity contribution in [3.63, 3.8) is 0 Å². The van der Waals surface area contributed by atoms with Crippen LogP contribution in [0.2, 0.25) is 0 Å². The summed E-state index contributed by atoms with van der Waals surface area (Å²) in [5, 5.41) is 0. The van der Waals surface area contributed by atoms with E-state index in [9.17, 15) is 39.6 Å². The molecule has 2 aromatic carbocycles. The van der Waals surface area contributed by atoms with Gasteiger partial charge in [0.2, 0.25) is 5.91 Å². The molecular weight excluding hydrogens is 502 g/mol. The molecule has 1 saturated heterocycles. The molecule has 0 spiro atoms. The van der Waals surface area contributed by atoms with Crippen LogP contribution in [0.25, 0.3) is 0 Å². The maximum absolute atomic E-state index is 12.9. The summed E-state index contributed by atoms with van der Waals surface area (Å²) in [4.78, 5) is 14.4. The molecule has 4 rings (SSSR count). The number of alkyl halides is 6. The number of halogens is 6. The van der Waals surface area contributed by atoms with Crippen LogP contribution >= 0.6 is 0 Å². The number of hydrogen-bond donors (Lipinski definition) is 0. The van der Waals surface area contributed by atoms with E-state index < -0.39 is 45.6 Å². The maximum atomic E-state index is 12.9. The number of rotatable bonds is 4. The van der Waals surface area contributed by atoms with Crippen LogP contribution in [0.5, 0.6) is 11.5 Å². The largest absolute Gasteiger partial charge is 0.511 e. The third-order valence-electron chi connectivity index (χ3n) is 6.08. The molecule has 2 aliphatic heterocycles. The van der Waals surface area contributed by atoms with Crippen molar-refractivity contribution in [1.29, 1.82) is 0 Å². The monoisotopic (exact) mass is 522 g/mol. The third-order valence-corrected chi connectivity index (χ3v) is 7.67. The number of hydrogen-bond acceptors (Lipinski definition) is 4. The van der Waals surface area contributed by atoms with Crippen molar-refractivity contribution in [1.82, 2.24) is 9.21 Å². The average molecular weight is 522 g/mol. The van der Waals surface area contributed by atoms with Crippen molar-refractivity contribution in [2.24, 2.45) is 5.92 Å². The van der Waals surface area contributed by atoms with Crippen LogP contribution in [-0.2, 0) is 34.0 Å². The smallest absolute Gasteiger partial charge is 0.457 e. The molecule has 1 fully saturated rings. The number of sulfonamides is 1. The first-order chi connectivity index (χ1) is 16.3. The summed E-state index contributed by atoms with van der Waals surface area (Å²) < 4.78 is 106. The lowest BCUT2D eigenvalue weighted by molar-refractivity contribution is -0.137. The molecule has 1 amide bonds. The van der Waals surface area contributed by atoms with E-state index in [-0.39, 0.29) is 31.8 Å². The van der Waals surface area contributed by atoms with Gasteiger partial charge in [-0.2, -0.15) is 30.6 Å². The molecule has 0 aliphatic carbocycles. The predicted octanol–water partition coefficient (Wildman–Crippen LogP) is 4.55. The second-order valence-corrected chi connectivity index (χ2v) is 10.3. The molecule has 0 unspecified atom stereocenters. The van der Waals surface area contributed by atoms with Gasteiger partial charge in [-0.15, -0.1) is 0 Å². The van der Waals surface area contributed by atoms with Crippen molar-refractivity contribution in [2.75, 3.05) is 19.6 Å². The molecule has 13 heteroatoms. The molecule has 0 N–H and O–H groups in total. The Balaban J connectivity index is 1.44. The summed E-state index contributed by atoms with van der Waals surface area (Å²) in [6.07, 6.45) is -4.11. The molecule has 0 bridgehead atoms. The molecule has 0 aromatic heterocycles. The lowest BCUT2D eigenvalue weighted by atomic mass is 9.97. The zero-order valence-electron chi connectivity index (χ0n) is 18.1. The van der Waals surface area contributed by atoms with Gasteiger partial charge in [-0.1, -0.05) is 12.1 Å². The standard InChI is InChI=1S/C22H20F6N2O4S/c23-21(24,25)16-4-6-17(7-5-16)34-19-3-1-2-14-12-29(10-9-18(14)19)20(31)15-8-11-30(13-15)35(32,33)22(26,27)28/h1-7,15H,8-13H2/t15-/m0/s1. The highest BCUT2D eigenvalue weighted by Gasteiger charge is 2.52. The van der Waals surface area contributed by atoms with Crippen molar-refractivity contribution in [3.05, 3.63) is 59.2 Å². The Bertz CT molecular complexity index is 1210. The minimum Gasteiger partial charge on any atom is -0.457 e. The van der Waals surface area contributed by atoms with Crippen molar-refractivity contribution in [2.45, 2.75) is 31.1 Å². The fourth-order valence-corrected chi connectivity index (χ4v) is 5.26. The zero-order chi connectivity index (χ0) is 25.6. The Morgan fingerprint density at radius 2 is 1.66 bits per heavy atom. The number of nitrogens with zero attached hydrogens (tertiary/aromatic N) is 2. The van der Waals surface area contributed by atoms with Gasteiger partial charge in [-0.25, -0.2) is 8.42 Å². The second kappa shape index (κ2) is 9.01. The van der Waals surface area contributed by atoms with Crippen molar-refractivity contribution < 1.29 is 44.3 Å². The Morgan fingerprint density at radius 3 is 2.29 bits per heavy atom. The van der Waals surface area contributed by atoms with E-state index in [2.05, 4.69) is 0 Å². The van der Waals surface area contributed by atoms with E-state index in [4.69, 9.17) is 4.74 Å². The summed E-state index contributed by atoms with van der Waals surface area (Å²) in [7, 11) is -5.48. The average Bonchev–Trinajstić information content (AvgIpc) is 3.28. The number of amides is 1. The van der Waals surface area contributed by atoms with Crippen LogP contribution in [0.15, 0.2) is 42.5 Å². The van der Waals surface area contributed by atoms with Crippen molar-refractivity contribution in [3.8, 4) is 11.5 Å². The molecule has 6 nitrogen and oxygen atoms in total. The van der Waals surface area contributed by atoms with Crippen LogP contribution in [0.3, 0.4) is 0 Å². The van der Waals surface area contributed by atoms with Gasteiger partial charge in [0.05, 0.1) is 11.5 Å². The summed E-state index contributed by atoms with van der Waals surface area (Å²) in [5.41, 5.74) is -4.73. The lowest BCUT2D eigenvalue weighted by Crippen LogP contribution is -2.43. The van der Waals surface area contributed by atoms with Gasteiger partial charge >= 0.3 is 21.7 Å². The normalized spacial score (nSPS) is 19.5. The highest BCUT2D eigenvalue weighted by atomic mass is 32.2. The Hall–Kier alpha value is -2.80. The topological polar surface area (TPSA) is 66.9 Å². The minimum atomic E-state index is -5.48. The third kappa shape index (κ3) is 5.10. The van der Waals surface area contributed by atoms with Crippen molar-refractivity contribution >= 4 is 15.9 Å². The molecule has 2 heterocycles. The summed E-state index contributed by atoms with van der Waals surface area (Å²) in [6, 6.07) is 9.32. The number of carbonyl (C=O) groups excluding carboxylic acids is 1. The van der Waals surface area contributed by atoms with E-state index in [0.717, 1.165) is 23.3 Å². The zero-order valence-corrected chi connectivity index (χ0v) is 18.9. The van der Waals surface area contributed by atoms with Gasteiger partial charge in [0.25, 0.3) is 0 Å². The van der Waals surface area contributed by atoms with Crippen LogP contribution < -0.4 is 4.74 Å². The van der Waals surface area contributed by atoms with Gasteiger partial charge < -0.3 is 9.64 Å². The van der Waals surface area contributed by atoms with E-state index in [1.807, 2.05) is 0 Å². The Kier molecular flexibility index (Phi) is 6.51. The quantitative estimate of drug-likeness (QED) is 0.553. The molecule has 0 saturated carbocycles. The van der Waals surface area contributed by atoms with E-state index in [1.54, 1.807) is 18.2 Å². The predicted molar refractivity (Wildman–Crippen MR) is 112 cm³/mol. The number of benzene rings is 2. The maximum Gasteiger partial charge on any atom is 0.511 e. The second-order valence-electron chi connectivity index (χ2n) is 8.32. The summed E-state index contributed by atoms with van der Waals surface area (Å²) in [6.45, 7) is -0.516. The van der Waals surface area contributed by atoms with Crippen LogP contribution in [0, 0.1) is 5.92 Å². The van der Waals surface area contributed by atoms with Gasteiger partial charge in [0, 0.05) is 31.7 Å². The highest BCUT2D eigenvalue weighted by Crippen LogP contribution is 2.36. The van der Waals surface area contributed by atoms with Gasteiger partial charge in [0.15, 0.2) is 0 Å². The molecule has 0 radical (unpaired) electrons. The van der Waals surface area contributed by atoms with Crippen LogP contribution in [0.4, 0.5) is 26.3 Å². The van der Waals surface area contributed by atoms with Crippen LogP contribution in [0.1, 0.15) is 23.1 Å². The lowest BCUT2D eigenvalue weighted by Gasteiger charge is -2.31. The SMILES string of the molecule is O=C([C@H]1CCN(S(=O)(=O)C(F)(F)F)C1)N1CCc2c(cccc2Oc2ccc(C(F)(F)F)cc2)C1. The first kappa shape index (κ1) is 25.3. The molecule has 2 aromatic rings. The van der Waals surface area contributed by atoms with E-state index >= 15 is 0 Å². The van der Waals surface area contributed by atoms with Crippen LogP contribution in [-0.4, -0.2) is 48.7 Å². The number of ether oxygens (including phenoxy) is 1. The molecule has 35 heavy (non-hydrogen) atoms. The first-order valence-corrected chi connectivity index (χ1v) is 12.0.